The number of rotatable bonds is 3. The molecule has 1 unspecified atom stereocenters. The predicted octanol–water partition coefficient (Wildman–Crippen LogP) is 2.19. The number of fused-ring (bicyclic) bond motifs is 1. The summed E-state index contributed by atoms with van der Waals surface area (Å²) in [6.07, 6.45) is 2.85. The zero-order chi connectivity index (χ0) is 14.0. The van der Waals surface area contributed by atoms with Gasteiger partial charge in [-0.25, -0.2) is 4.79 Å². The predicted molar refractivity (Wildman–Crippen MR) is 72.9 cm³/mol. The van der Waals surface area contributed by atoms with Crippen LogP contribution in [0.5, 0.6) is 0 Å². The van der Waals surface area contributed by atoms with Crippen LogP contribution in [-0.2, 0) is 20.9 Å². The van der Waals surface area contributed by atoms with Crippen molar-refractivity contribution in [1.82, 2.24) is 0 Å². The van der Waals surface area contributed by atoms with E-state index in [0.29, 0.717) is 13.0 Å². The first-order chi connectivity index (χ1) is 9.70. The van der Waals surface area contributed by atoms with Crippen molar-refractivity contribution in [3.8, 4) is 0 Å². The third kappa shape index (κ3) is 2.58. The fraction of sp³-hybridized carbons (Fsp3) is 0.562. The Bertz CT molecular complexity index is 473. The molecule has 108 valence electrons. The van der Waals surface area contributed by atoms with E-state index in [-0.39, 0.29) is 6.10 Å². The number of hydrogen-bond donors (Lipinski definition) is 1. The number of hydrogen-bond acceptors (Lipinski definition) is 4. The Morgan fingerprint density at radius 3 is 2.90 bits per heavy atom. The molecule has 1 aromatic rings. The van der Waals surface area contributed by atoms with E-state index >= 15 is 0 Å². The molecule has 4 heteroatoms. The van der Waals surface area contributed by atoms with Crippen molar-refractivity contribution in [2.75, 3.05) is 0 Å². The van der Waals surface area contributed by atoms with Gasteiger partial charge in [0.05, 0.1) is 6.61 Å². The van der Waals surface area contributed by atoms with E-state index < -0.39 is 17.7 Å². The molecule has 20 heavy (non-hydrogen) atoms. The van der Waals surface area contributed by atoms with E-state index in [4.69, 9.17) is 9.47 Å². The van der Waals surface area contributed by atoms with E-state index in [0.717, 1.165) is 31.2 Å². The first kappa shape index (κ1) is 13.6. The summed E-state index contributed by atoms with van der Waals surface area (Å²) < 4.78 is 11.5. The third-order valence-electron chi connectivity index (χ3n) is 4.34. The Labute approximate surface area is 118 Å². The smallest absolute Gasteiger partial charge is 0.335 e. The first-order valence-corrected chi connectivity index (χ1v) is 7.26. The second-order valence-corrected chi connectivity index (χ2v) is 5.73. The van der Waals surface area contributed by atoms with Gasteiger partial charge in [0.25, 0.3) is 0 Å². The van der Waals surface area contributed by atoms with Crippen molar-refractivity contribution in [3.05, 3.63) is 35.9 Å². The van der Waals surface area contributed by atoms with Crippen LogP contribution < -0.4 is 0 Å². The zero-order valence-electron chi connectivity index (χ0n) is 11.5. The van der Waals surface area contributed by atoms with Crippen LogP contribution >= 0.6 is 0 Å². The number of carbonyl (C=O) groups excluding carboxylic acids is 1. The van der Waals surface area contributed by atoms with E-state index in [1.165, 1.54) is 0 Å². The lowest BCUT2D eigenvalue weighted by Gasteiger charge is -2.47. The molecule has 1 aliphatic heterocycles. The van der Waals surface area contributed by atoms with Crippen LogP contribution in [0.1, 0.15) is 37.7 Å². The quantitative estimate of drug-likeness (QED) is 0.860. The second-order valence-electron chi connectivity index (χ2n) is 5.73. The van der Waals surface area contributed by atoms with Gasteiger partial charge in [0.15, 0.2) is 6.10 Å². The van der Waals surface area contributed by atoms with E-state index in [1.807, 2.05) is 30.3 Å². The molecule has 4 nitrogen and oxygen atoms in total. The summed E-state index contributed by atoms with van der Waals surface area (Å²) in [7, 11) is 0. The summed E-state index contributed by atoms with van der Waals surface area (Å²) in [5.41, 5.74) is 0.583. The van der Waals surface area contributed by atoms with Gasteiger partial charge < -0.3 is 14.6 Å². The monoisotopic (exact) mass is 276 g/mol. The molecule has 0 radical (unpaired) electrons. The fourth-order valence-corrected chi connectivity index (χ4v) is 3.23. The minimum atomic E-state index is -1.06. The van der Waals surface area contributed by atoms with E-state index in [1.54, 1.807) is 0 Å². The molecule has 0 amide bonds. The molecule has 1 heterocycles. The molecule has 1 saturated heterocycles. The molecule has 3 atom stereocenters. The van der Waals surface area contributed by atoms with Crippen molar-refractivity contribution in [1.29, 1.82) is 0 Å². The van der Waals surface area contributed by atoms with Gasteiger partial charge in [0.1, 0.15) is 11.7 Å². The molecule has 3 rings (SSSR count). The van der Waals surface area contributed by atoms with Crippen LogP contribution in [0.25, 0.3) is 0 Å². The maximum Gasteiger partial charge on any atom is 0.335 e. The molecule has 0 bridgehead atoms. The highest BCUT2D eigenvalue weighted by molar-refractivity contribution is 5.75. The standard InChI is InChI=1S/C16H20O4/c17-13-10-16(19-11-12-6-2-1-3-7-12)9-5-4-8-14(16)20-15(13)18/h1-3,6-7,13-14,17H,4-5,8-11H2/t13-,14?,16-/m1/s1. The van der Waals surface area contributed by atoms with Gasteiger partial charge >= 0.3 is 5.97 Å². The van der Waals surface area contributed by atoms with Crippen LogP contribution in [0.4, 0.5) is 0 Å². The van der Waals surface area contributed by atoms with Gasteiger partial charge in [-0.3, -0.25) is 0 Å². The van der Waals surface area contributed by atoms with Gasteiger partial charge in [-0.05, 0) is 24.8 Å². The van der Waals surface area contributed by atoms with E-state index in [9.17, 15) is 9.90 Å². The summed E-state index contributed by atoms with van der Waals surface area (Å²) in [5.74, 6) is -0.504. The van der Waals surface area contributed by atoms with E-state index in [2.05, 4.69) is 0 Å². The van der Waals surface area contributed by atoms with Crippen molar-refractivity contribution in [3.63, 3.8) is 0 Å². The molecule has 2 fully saturated rings. The number of carbonyl (C=O) groups is 1. The maximum atomic E-state index is 11.5. The molecule has 2 aliphatic rings. The first-order valence-electron chi connectivity index (χ1n) is 7.26. The van der Waals surface area contributed by atoms with Crippen LogP contribution in [0.2, 0.25) is 0 Å². The van der Waals surface area contributed by atoms with Gasteiger partial charge in [-0.15, -0.1) is 0 Å². The Kier molecular flexibility index (Phi) is 3.76. The molecule has 1 aliphatic carbocycles. The number of aliphatic hydroxyl groups excluding tert-OH is 1. The summed E-state index contributed by atoms with van der Waals surface area (Å²) >= 11 is 0. The molecule has 0 aromatic heterocycles. The normalized spacial score (nSPS) is 33.4. The van der Waals surface area contributed by atoms with Gasteiger partial charge in [-0.1, -0.05) is 36.8 Å². The Hall–Kier alpha value is -1.39. The summed E-state index contributed by atoms with van der Waals surface area (Å²) in [6.45, 7) is 0.488. The van der Waals surface area contributed by atoms with Crippen molar-refractivity contribution < 1.29 is 19.4 Å². The summed E-state index contributed by atoms with van der Waals surface area (Å²) in [5, 5.41) is 9.82. The topological polar surface area (TPSA) is 55.8 Å². The Morgan fingerprint density at radius 1 is 1.30 bits per heavy atom. The lowest BCUT2D eigenvalue weighted by atomic mass is 9.76. The number of benzene rings is 1. The Balaban J connectivity index is 1.74. The van der Waals surface area contributed by atoms with Crippen molar-refractivity contribution >= 4 is 5.97 Å². The molecular weight excluding hydrogens is 256 g/mol. The lowest BCUT2D eigenvalue weighted by Crippen LogP contribution is -2.57. The van der Waals surface area contributed by atoms with Gasteiger partial charge in [0.2, 0.25) is 0 Å². The molecule has 0 spiro atoms. The lowest BCUT2D eigenvalue weighted by molar-refractivity contribution is -0.223. The molecule has 1 N–H and O–H groups in total. The van der Waals surface area contributed by atoms with Crippen LogP contribution in [0.15, 0.2) is 30.3 Å². The number of ether oxygens (including phenoxy) is 2. The third-order valence-corrected chi connectivity index (χ3v) is 4.34. The van der Waals surface area contributed by atoms with Gasteiger partial charge in [0, 0.05) is 6.42 Å². The second kappa shape index (κ2) is 5.54. The molecular formula is C16H20O4. The molecule has 1 aromatic carbocycles. The van der Waals surface area contributed by atoms with Crippen molar-refractivity contribution in [2.45, 2.75) is 56.5 Å². The van der Waals surface area contributed by atoms with Crippen LogP contribution in [0, 0.1) is 0 Å². The number of esters is 1. The van der Waals surface area contributed by atoms with Crippen LogP contribution in [-0.4, -0.2) is 28.9 Å². The maximum absolute atomic E-state index is 11.5. The average Bonchev–Trinajstić information content (AvgIpc) is 2.48. The highest BCUT2D eigenvalue weighted by atomic mass is 16.6. The summed E-state index contributed by atoms with van der Waals surface area (Å²) in [6, 6.07) is 9.95. The SMILES string of the molecule is O=C1OC2CCCC[C@@]2(OCc2ccccc2)C[C@H]1O. The Morgan fingerprint density at radius 2 is 2.10 bits per heavy atom. The number of aliphatic hydroxyl groups is 1. The minimum Gasteiger partial charge on any atom is -0.457 e. The highest BCUT2D eigenvalue weighted by Crippen LogP contribution is 2.41. The highest BCUT2D eigenvalue weighted by Gasteiger charge is 2.50. The molecule has 1 saturated carbocycles. The summed E-state index contributed by atoms with van der Waals surface area (Å²) in [4.78, 5) is 11.5. The fourth-order valence-electron chi connectivity index (χ4n) is 3.23. The average molecular weight is 276 g/mol. The largest absolute Gasteiger partial charge is 0.457 e. The minimum absolute atomic E-state index is 0.212. The van der Waals surface area contributed by atoms with Crippen LogP contribution in [0.3, 0.4) is 0 Å². The zero-order valence-corrected chi connectivity index (χ0v) is 11.5. The van der Waals surface area contributed by atoms with Crippen molar-refractivity contribution in [2.24, 2.45) is 0 Å². The van der Waals surface area contributed by atoms with Gasteiger partial charge in [-0.2, -0.15) is 0 Å².